The summed E-state index contributed by atoms with van der Waals surface area (Å²) in [6, 6.07) is 7.40. The maximum absolute atomic E-state index is 11.2. The molecule has 90 valence electrons. The Morgan fingerprint density at radius 3 is 2.94 bits per heavy atom. The van der Waals surface area contributed by atoms with E-state index in [4.69, 9.17) is 0 Å². The first-order valence-corrected chi connectivity index (χ1v) is 5.27. The molecule has 1 aromatic carbocycles. The second-order valence-corrected chi connectivity index (χ2v) is 4.14. The monoisotopic (exact) mass is 234 g/mol. The highest BCUT2D eigenvalue weighted by molar-refractivity contribution is 5.83. The Kier molecular flexibility index (Phi) is 2.85. The van der Waals surface area contributed by atoms with Crippen molar-refractivity contribution in [1.29, 1.82) is 0 Å². The number of ether oxygens (including phenoxy) is 1. The quantitative estimate of drug-likeness (QED) is 0.786. The number of hydrogen-bond donors (Lipinski definition) is 2. The summed E-state index contributed by atoms with van der Waals surface area (Å²) in [6.45, 7) is 1.56. The number of aromatic amines is 1. The Morgan fingerprint density at radius 2 is 2.24 bits per heavy atom. The molecule has 0 bridgehead atoms. The van der Waals surface area contributed by atoms with Gasteiger partial charge in [0, 0.05) is 5.39 Å². The van der Waals surface area contributed by atoms with Crippen LogP contribution in [0.4, 0.5) is 0 Å². The minimum atomic E-state index is -1.32. The molecule has 0 amide bonds. The molecule has 0 aliphatic rings. The van der Waals surface area contributed by atoms with E-state index in [-0.39, 0.29) is 6.42 Å². The molecule has 2 rings (SSSR count). The highest BCUT2D eigenvalue weighted by Gasteiger charge is 2.30. The number of carbonyl (C=O) groups excluding carboxylic acids is 1. The number of carbonyl (C=O) groups is 1. The third-order valence-electron chi connectivity index (χ3n) is 2.72. The van der Waals surface area contributed by atoms with Crippen LogP contribution in [-0.2, 0) is 15.1 Å². The lowest BCUT2D eigenvalue weighted by molar-refractivity contribution is -0.146. The maximum atomic E-state index is 11.2. The summed E-state index contributed by atoms with van der Waals surface area (Å²) in [5.74, 6) is -0.464. The van der Waals surface area contributed by atoms with Crippen molar-refractivity contribution in [3.05, 3.63) is 30.0 Å². The number of para-hydroxylation sites is 1. The number of H-pyrrole nitrogens is 1. The number of aromatic nitrogens is 2. The average Bonchev–Trinajstić information content (AvgIpc) is 2.72. The summed E-state index contributed by atoms with van der Waals surface area (Å²) < 4.78 is 4.56. The Bertz CT molecular complexity index is 545. The van der Waals surface area contributed by atoms with E-state index >= 15 is 0 Å². The van der Waals surface area contributed by atoms with Crippen molar-refractivity contribution in [3.63, 3.8) is 0 Å². The molecule has 0 radical (unpaired) electrons. The normalized spacial score (nSPS) is 14.5. The summed E-state index contributed by atoms with van der Waals surface area (Å²) in [5.41, 5.74) is -0.0328. The molecule has 1 aromatic heterocycles. The maximum Gasteiger partial charge on any atom is 0.308 e. The number of fused-ring (bicyclic) bond motifs is 1. The van der Waals surface area contributed by atoms with Crippen LogP contribution in [0.1, 0.15) is 19.0 Å². The third-order valence-corrected chi connectivity index (χ3v) is 2.72. The van der Waals surface area contributed by atoms with Crippen LogP contribution in [0.2, 0.25) is 0 Å². The van der Waals surface area contributed by atoms with Gasteiger partial charge in [-0.15, -0.1) is 0 Å². The number of hydrogen-bond acceptors (Lipinski definition) is 4. The SMILES string of the molecule is COC(=O)CC(C)(O)c1[nH]nc2ccccc12. The van der Waals surface area contributed by atoms with Crippen LogP contribution in [0.5, 0.6) is 0 Å². The molecule has 1 unspecified atom stereocenters. The molecule has 0 spiro atoms. The molecule has 0 aliphatic carbocycles. The highest BCUT2D eigenvalue weighted by atomic mass is 16.5. The van der Waals surface area contributed by atoms with Crippen LogP contribution in [0.15, 0.2) is 24.3 Å². The lowest BCUT2D eigenvalue weighted by Gasteiger charge is -2.20. The molecule has 5 heteroatoms. The molecule has 17 heavy (non-hydrogen) atoms. The molecule has 0 saturated heterocycles. The van der Waals surface area contributed by atoms with Crippen LogP contribution >= 0.6 is 0 Å². The van der Waals surface area contributed by atoms with Crippen molar-refractivity contribution in [2.75, 3.05) is 7.11 Å². The van der Waals surface area contributed by atoms with E-state index in [9.17, 15) is 9.90 Å². The van der Waals surface area contributed by atoms with Crippen molar-refractivity contribution in [3.8, 4) is 0 Å². The lowest BCUT2D eigenvalue weighted by Crippen LogP contribution is -2.26. The van der Waals surface area contributed by atoms with Crippen molar-refractivity contribution >= 4 is 16.9 Å². The van der Waals surface area contributed by atoms with Crippen molar-refractivity contribution in [2.24, 2.45) is 0 Å². The van der Waals surface area contributed by atoms with Gasteiger partial charge in [0.25, 0.3) is 0 Å². The van der Waals surface area contributed by atoms with Gasteiger partial charge in [0.05, 0.1) is 24.7 Å². The van der Waals surface area contributed by atoms with Gasteiger partial charge < -0.3 is 9.84 Å². The van der Waals surface area contributed by atoms with Gasteiger partial charge in [0.15, 0.2) is 0 Å². The molecule has 2 aromatic rings. The zero-order chi connectivity index (χ0) is 12.5. The van der Waals surface area contributed by atoms with Crippen molar-refractivity contribution < 1.29 is 14.6 Å². The number of rotatable bonds is 3. The van der Waals surface area contributed by atoms with E-state index in [1.165, 1.54) is 7.11 Å². The Hall–Kier alpha value is -1.88. The molecule has 0 saturated carbocycles. The molecule has 2 N–H and O–H groups in total. The van der Waals surface area contributed by atoms with E-state index in [2.05, 4.69) is 14.9 Å². The first-order chi connectivity index (χ1) is 8.04. The predicted octanol–water partition coefficient (Wildman–Crippen LogP) is 1.33. The van der Waals surface area contributed by atoms with Crippen molar-refractivity contribution in [2.45, 2.75) is 18.9 Å². The molecular formula is C12H14N2O3. The van der Waals surface area contributed by atoms with Gasteiger partial charge in [0.1, 0.15) is 5.60 Å². The first-order valence-electron chi connectivity index (χ1n) is 5.27. The fourth-order valence-corrected chi connectivity index (χ4v) is 1.81. The average molecular weight is 234 g/mol. The standard InChI is InChI=1S/C12H14N2O3/c1-12(16,7-10(15)17-2)11-8-5-3-4-6-9(8)13-14-11/h3-6,16H,7H2,1-2H3,(H,13,14). The number of aliphatic hydroxyl groups is 1. The fraction of sp³-hybridized carbons (Fsp3) is 0.333. The van der Waals surface area contributed by atoms with Crippen LogP contribution in [0, 0.1) is 0 Å². The van der Waals surface area contributed by atoms with Gasteiger partial charge in [0.2, 0.25) is 0 Å². The summed E-state index contributed by atoms with van der Waals surface area (Å²) in [6.07, 6.45) is -0.115. The zero-order valence-electron chi connectivity index (χ0n) is 9.73. The second-order valence-electron chi connectivity index (χ2n) is 4.14. The number of nitrogens with one attached hydrogen (secondary N) is 1. The van der Waals surface area contributed by atoms with Gasteiger partial charge in [-0.3, -0.25) is 9.89 Å². The van der Waals surface area contributed by atoms with E-state index in [0.717, 1.165) is 10.9 Å². The van der Waals surface area contributed by atoms with Gasteiger partial charge in [-0.05, 0) is 13.0 Å². The van der Waals surface area contributed by atoms with Crippen LogP contribution in [0.25, 0.3) is 10.9 Å². The fourth-order valence-electron chi connectivity index (χ4n) is 1.81. The van der Waals surface area contributed by atoms with Gasteiger partial charge in [-0.1, -0.05) is 18.2 Å². The van der Waals surface area contributed by atoms with E-state index < -0.39 is 11.6 Å². The number of esters is 1. The summed E-state index contributed by atoms with van der Waals surface area (Å²) in [4.78, 5) is 11.2. The first kappa shape index (κ1) is 11.6. The topological polar surface area (TPSA) is 75.2 Å². The summed E-state index contributed by atoms with van der Waals surface area (Å²) in [5, 5.41) is 18.0. The Balaban J connectivity index is 2.41. The van der Waals surface area contributed by atoms with Crippen molar-refractivity contribution in [1.82, 2.24) is 10.2 Å². The van der Waals surface area contributed by atoms with E-state index in [1.54, 1.807) is 6.92 Å². The van der Waals surface area contributed by atoms with Gasteiger partial charge in [-0.2, -0.15) is 5.10 Å². The molecular weight excluding hydrogens is 220 g/mol. The predicted molar refractivity (Wildman–Crippen MR) is 62.3 cm³/mol. The van der Waals surface area contributed by atoms with Gasteiger partial charge in [-0.25, -0.2) is 0 Å². The second kappa shape index (κ2) is 4.18. The number of methoxy groups -OCH3 is 1. The number of benzene rings is 1. The molecule has 0 fully saturated rings. The van der Waals surface area contributed by atoms with E-state index in [0.29, 0.717) is 5.69 Å². The third kappa shape index (κ3) is 2.14. The summed E-state index contributed by atoms with van der Waals surface area (Å²) >= 11 is 0. The van der Waals surface area contributed by atoms with Crippen LogP contribution in [0.3, 0.4) is 0 Å². The van der Waals surface area contributed by atoms with Crippen LogP contribution in [-0.4, -0.2) is 28.4 Å². The smallest absolute Gasteiger partial charge is 0.308 e. The summed E-state index contributed by atoms with van der Waals surface area (Å²) in [7, 11) is 1.30. The Morgan fingerprint density at radius 1 is 1.53 bits per heavy atom. The molecule has 0 aliphatic heterocycles. The van der Waals surface area contributed by atoms with Crippen LogP contribution < -0.4 is 0 Å². The zero-order valence-corrected chi connectivity index (χ0v) is 9.73. The van der Waals surface area contributed by atoms with E-state index in [1.807, 2.05) is 24.3 Å². The largest absolute Gasteiger partial charge is 0.469 e. The molecule has 5 nitrogen and oxygen atoms in total. The lowest BCUT2D eigenvalue weighted by atomic mass is 9.95. The Labute approximate surface area is 98.4 Å². The van der Waals surface area contributed by atoms with Gasteiger partial charge >= 0.3 is 5.97 Å². The molecule has 1 heterocycles. The minimum absolute atomic E-state index is 0.115. The molecule has 1 atom stereocenters. The number of nitrogens with zero attached hydrogens (tertiary/aromatic N) is 1. The minimum Gasteiger partial charge on any atom is -0.469 e. The highest BCUT2D eigenvalue weighted by Crippen LogP contribution is 2.29.